The lowest BCUT2D eigenvalue weighted by atomic mass is 9.76. The molecule has 3 unspecified atom stereocenters. The van der Waals surface area contributed by atoms with E-state index >= 15 is 19.2 Å². The zero-order valence-electron chi connectivity index (χ0n) is 53.9. The second kappa shape index (κ2) is 28.4. The number of nitrogens with zero attached hydrogens (tertiary/aromatic N) is 4. The number of likely N-dealkylation sites (tertiary alicyclic amines) is 1. The molecule has 2 aliphatic heterocycles. The molecule has 4 aliphatic rings. The Kier molecular flexibility index (Phi) is 22.5. The molecule has 3 aromatic carbocycles. The SMILES string of the molecule is CSC(C)(C)[C@H](NC(=O)[C@H](C)N(C)C(=O)OC(C)(C)C)C(=O)N1Cc2cc(C3C[C@@H](C(=O)NC4CCCc5ccccc54)N(C(=O)[C@@H](CC(=O)[C@H](C)N(C)C(=O)OC(C)(C)C)C(C)(C)C)C3)ccc2C[C@H]1C(=O)NC1CCCc2ccccc21.O=C=O. The van der Waals surface area contributed by atoms with Crippen molar-refractivity contribution in [3.8, 4) is 0 Å². The van der Waals surface area contributed by atoms with Crippen LogP contribution in [-0.4, -0.2) is 146 Å². The minimum absolute atomic E-state index is 0.00997. The van der Waals surface area contributed by atoms with E-state index in [9.17, 15) is 19.2 Å². The van der Waals surface area contributed by atoms with Gasteiger partial charge in [0.2, 0.25) is 29.5 Å². The molecule has 7 amide bonds. The zero-order valence-corrected chi connectivity index (χ0v) is 54.7. The van der Waals surface area contributed by atoms with Crippen LogP contribution in [0.1, 0.15) is 185 Å². The highest BCUT2D eigenvalue weighted by atomic mass is 32.2. The van der Waals surface area contributed by atoms with Gasteiger partial charge < -0.3 is 40.1 Å². The van der Waals surface area contributed by atoms with Gasteiger partial charge in [-0.05, 0) is 165 Å². The quantitative estimate of drug-likeness (QED) is 0.121. The Labute approximate surface area is 518 Å². The lowest BCUT2D eigenvalue weighted by Crippen LogP contribution is -2.63. The van der Waals surface area contributed by atoms with E-state index < -0.39 is 81.5 Å². The van der Waals surface area contributed by atoms with E-state index in [0.717, 1.165) is 66.3 Å². The fourth-order valence-corrected chi connectivity index (χ4v) is 12.4. The Morgan fingerprint density at radius 1 is 0.655 bits per heavy atom. The van der Waals surface area contributed by atoms with Crippen LogP contribution in [0, 0.1) is 11.3 Å². The Morgan fingerprint density at radius 3 is 1.64 bits per heavy atom. The lowest BCUT2D eigenvalue weighted by Gasteiger charge is -2.42. The maximum Gasteiger partial charge on any atom is 0.410 e. The van der Waals surface area contributed by atoms with Crippen LogP contribution in [0.5, 0.6) is 0 Å². The predicted molar refractivity (Wildman–Crippen MR) is 332 cm³/mol. The summed E-state index contributed by atoms with van der Waals surface area (Å²) in [5.74, 6) is -3.52. The third-order valence-electron chi connectivity index (χ3n) is 17.6. The number of nitrogens with one attached hydrogen (secondary N) is 3. The maximum absolute atomic E-state index is 15.6. The number of carbonyl (C=O) groups is 8. The molecular weight excluding hydrogens is 1130 g/mol. The Bertz CT molecular complexity index is 3070. The van der Waals surface area contributed by atoms with Gasteiger partial charge >= 0.3 is 18.3 Å². The van der Waals surface area contributed by atoms with Gasteiger partial charge in [0.15, 0.2) is 5.78 Å². The monoisotopic (exact) mass is 1220 g/mol. The van der Waals surface area contributed by atoms with Crippen LogP contribution in [0.3, 0.4) is 0 Å². The van der Waals surface area contributed by atoms with E-state index in [4.69, 9.17) is 19.1 Å². The number of hydrogen-bond acceptors (Lipinski definition) is 13. The number of hydrogen-bond donors (Lipinski definition) is 3. The molecule has 2 heterocycles. The number of amides is 7. The Hall–Kier alpha value is -7.05. The van der Waals surface area contributed by atoms with E-state index in [1.165, 1.54) is 46.8 Å². The molecule has 0 spiro atoms. The topological polar surface area (TPSA) is 238 Å². The molecule has 0 aromatic heterocycles. The average molecular weight is 1220 g/mol. The molecule has 474 valence electrons. The minimum atomic E-state index is -1.15. The van der Waals surface area contributed by atoms with Gasteiger partial charge in [0.05, 0.1) is 18.1 Å². The van der Waals surface area contributed by atoms with Gasteiger partial charge in [-0.3, -0.25) is 33.7 Å². The molecule has 1 saturated heterocycles. The molecule has 20 heteroatoms. The van der Waals surface area contributed by atoms with Gasteiger partial charge in [-0.15, -0.1) is 0 Å². The van der Waals surface area contributed by atoms with Gasteiger partial charge in [0.1, 0.15) is 35.4 Å². The number of Topliss-reactive ketones (excluding diaryl/α,β-unsaturated/α-hetero) is 1. The van der Waals surface area contributed by atoms with E-state index in [1.807, 2.05) is 95.5 Å². The van der Waals surface area contributed by atoms with Crippen molar-refractivity contribution in [1.29, 1.82) is 0 Å². The van der Waals surface area contributed by atoms with Crippen molar-refractivity contribution in [1.82, 2.24) is 35.6 Å². The highest BCUT2D eigenvalue weighted by Crippen LogP contribution is 2.41. The highest BCUT2D eigenvalue weighted by Gasteiger charge is 2.48. The standard InChI is InChI=1S/C66H93N7O10S.CO2/c1-39(70(14)61(80)82-64(6,7)8)54(74)36-49(63(3,4)5)59(78)72-38-46(35-53(72)58(77)68-51-30-22-26-42-24-18-20-28-48(42)51)43-31-32-44-34-52(57(76)67-50-29-21-25-41-23-17-19-27-47(41)50)73(37-45(44)33-43)60(79)55(66(12,13)84-16)69-56(75)40(2)71(15)62(81)83-65(9,10)11;2-1-3/h17-20,23-24,27-28,31-33,39-40,46,49-53,55H,21-22,25-26,29-30,34-38H2,1-16H3,(H,67,76)(H,68,77)(H,69,75);/t39-,40-,46?,49+,50?,51?,52-,53-,55+;/m0./s1. The maximum atomic E-state index is 15.6. The van der Waals surface area contributed by atoms with Crippen molar-refractivity contribution in [3.05, 3.63) is 106 Å². The molecule has 7 rings (SSSR count). The van der Waals surface area contributed by atoms with Crippen LogP contribution >= 0.6 is 11.8 Å². The Balaban J connectivity index is 0.00000395. The van der Waals surface area contributed by atoms with Gasteiger partial charge in [0, 0.05) is 56.6 Å². The number of carbonyl (C=O) groups excluding carboxylic acids is 10. The molecule has 3 N–H and O–H groups in total. The van der Waals surface area contributed by atoms with Crippen LogP contribution in [0.25, 0.3) is 0 Å². The fourth-order valence-electron chi connectivity index (χ4n) is 12.0. The number of fused-ring (bicyclic) bond motifs is 3. The van der Waals surface area contributed by atoms with E-state index in [2.05, 4.69) is 28.1 Å². The second-order valence-electron chi connectivity index (χ2n) is 27.4. The first-order valence-corrected chi connectivity index (χ1v) is 31.6. The van der Waals surface area contributed by atoms with Crippen molar-refractivity contribution in [2.45, 2.75) is 219 Å². The second-order valence-corrected chi connectivity index (χ2v) is 28.9. The number of ether oxygens (including phenoxy) is 2. The largest absolute Gasteiger partial charge is 0.444 e. The number of likely N-dealkylation sites (N-methyl/N-ethyl adjacent to an activating group) is 2. The first kappa shape index (κ1) is 69.1. The average Bonchev–Trinajstić information content (AvgIpc) is 1.96. The summed E-state index contributed by atoms with van der Waals surface area (Å²) < 4.78 is 10.3. The number of ketones is 1. The van der Waals surface area contributed by atoms with Crippen molar-refractivity contribution in [2.24, 2.45) is 11.3 Å². The lowest BCUT2D eigenvalue weighted by molar-refractivity contribution is -0.191. The summed E-state index contributed by atoms with van der Waals surface area (Å²) >= 11 is 1.39. The van der Waals surface area contributed by atoms with Gasteiger partial charge in [-0.25, -0.2) is 9.59 Å². The summed E-state index contributed by atoms with van der Waals surface area (Å²) in [6.45, 7) is 23.3. The summed E-state index contributed by atoms with van der Waals surface area (Å²) in [5.41, 5.74) is 4.59. The molecule has 9 atom stereocenters. The third-order valence-corrected chi connectivity index (χ3v) is 18.8. The van der Waals surface area contributed by atoms with Crippen LogP contribution in [0.4, 0.5) is 9.59 Å². The number of aryl methyl sites for hydroxylation is 2. The molecule has 0 saturated carbocycles. The Morgan fingerprint density at radius 2 is 1.15 bits per heavy atom. The van der Waals surface area contributed by atoms with Crippen molar-refractivity contribution >= 4 is 65.4 Å². The molecular formula is C67H93N7O12S. The normalized spacial score (nSPS) is 20.6. The molecule has 2 aliphatic carbocycles. The van der Waals surface area contributed by atoms with Crippen LogP contribution in [-0.2, 0) is 73.6 Å². The smallest absolute Gasteiger partial charge is 0.410 e. The molecule has 0 radical (unpaired) electrons. The van der Waals surface area contributed by atoms with E-state index in [1.54, 1.807) is 65.2 Å². The summed E-state index contributed by atoms with van der Waals surface area (Å²) in [6.07, 6.45) is 6.07. The minimum Gasteiger partial charge on any atom is -0.444 e. The molecule has 0 bridgehead atoms. The van der Waals surface area contributed by atoms with E-state index in [-0.39, 0.29) is 80.0 Å². The molecule has 3 aromatic rings. The van der Waals surface area contributed by atoms with Gasteiger partial charge in [-0.2, -0.15) is 21.4 Å². The van der Waals surface area contributed by atoms with E-state index in [0.29, 0.717) is 0 Å². The first-order chi connectivity index (χ1) is 40.6. The van der Waals surface area contributed by atoms with Crippen molar-refractivity contribution in [3.63, 3.8) is 0 Å². The van der Waals surface area contributed by atoms with Crippen molar-refractivity contribution in [2.75, 3.05) is 26.9 Å². The number of rotatable bonds is 16. The van der Waals surface area contributed by atoms with Crippen molar-refractivity contribution < 1.29 is 57.4 Å². The fraction of sp³-hybridized carbons (Fsp3) is 0.597. The predicted octanol–water partition coefficient (Wildman–Crippen LogP) is 9.19. The summed E-state index contributed by atoms with van der Waals surface area (Å²) in [7, 11) is 2.98. The number of benzene rings is 3. The van der Waals surface area contributed by atoms with Gasteiger partial charge in [-0.1, -0.05) is 87.5 Å². The summed E-state index contributed by atoms with van der Waals surface area (Å²) in [5, 5.41) is 9.68. The van der Waals surface area contributed by atoms with Crippen LogP contribution in [0.15, 0.2) is 66.7 Å². The highest BCUT2D eigenvalue weighted by molar-refractivity contribution is 8.00. The van der Waals surface area contributed by atoms with Gasteiger partial charge in [0.25, 0.3) is 0 Å². The van der Waals surface area contributed by atoms with Crippen LogP contribution < -0.4 is 16.0 Å². The zero-order chi connectivity index (χ0) is 64.7. The molecule has 87 heavy (non-hydrogen) atoms. The summed E-state index contributed by atoms with van der Waals surface area (Å²) in [6, 6.07) is 16.7. The molecule has 19 nitrogen and oxygen atoms in total. The summed E-state index contributed by atoms with van der Waals surface area (Å²) in [4.78, 5) is 138. The first-order valence-electron chi connectivity index (χ1n) is 30.4. The van der Waals surface area contributed by atoms with Crippen LogP contribution in [0.2, 0.25) is 0 Å². The molecule has 1 fully saturated rings. The third kappa shape index (κ3) is 17.2. The number of thioether (sulfide) groups is 1.